The first kappa shape index (κ1) is 30.1. The van der Waals surface area contributed by atoms with Crippen molar-refractivity contribution in [3.8, 4) is 5.75 Å². The summed E-state index contributed by atoms with van der Waals surface area (Å²) in [6.07, 6.45) is -0.566. The average molecular weight is 545 g/mol. The van der Waals surface area contributed by atoms with Crippen LogP contribution in [0.2, 0.25) is 0 Å². The van der Waals surface area contributed by atoms with Crippen LogP contribution in [0.3, 0.4) is 0 Å². The van der Waals surface area contributed by atoms with E-state index >= 15 is 0 Å². The third-order valence-electron chi connectivity index (χ3n) is 4.69. The van der Waals surface area contributed by atoms with Gasteiger partial charge in [0.05, 0.1) is 11.3 Å². The number of ether oxygens (including phenoxy) is 2. The van der Waals surface area contributed by atoms with E-state index in [1.54, 1.807) is 45.0 Å². The van der Waals surface area contributed by atoms with Crippen molar-refractivity contribution in [2.24, 2.45) is 11.5 Å². The summed E-state index contributed by atoms with van der Waals surface area (Å²) in [5.41, 5.74) is 12.1. The number of fused-ring (bicyclic) bond motifs is 1. The number of alkyl carbamates (subject to hydrolysis) is 1. The molecule has 1 amide bonds. The highest BCUT2D eigenvalue weighted by Crippen LogP contribution is 2.29. The lowest BCUT2D eigenvalue weighted by Gasteiger charge is -2.19. The molecule has 0 bridgehead atoms. The number of carbonyl (C=O) groups is 2. The number of nitrogens with one attached hydrogen (secondary N) is 2. The number of benzene rings is 3. The largest absolute Gasteiger partial charge is 0.744 e. The van der Waals surface area contributed by atoms with Crippen LogP contribution in [0.1, 0.15) is 32.8 Å². The van der Waals surface area contributed by atoms with Crippen molar-refractivity contribution in [3.63, 3.8) is 0 Å². The van der Waals surface area contributed by atoms with Gasteiger partial charge in [-0.05, 0) is 52.0 Å². The number of esters is 1. The number of nitrogens with two attached hydrogens (primary N) is 2. The maximum absolute atomic E-state index is 12.1. The van der Waals surface area contributed by atoms with Crippen LogP contribution in [-0.4, -0.2) is 43.1 Å². The summed E-state index contributed by atoms with van der Waals surface area (Å²) in [7, 11) is -4.27. The molecule has 0 aromatic heterocycles. The summed E-state index contributed by atoms with van der Waals surface area (Å²) in [5.74, 6) is 0.00829. The fraction of sp³-hybridized carbons (Fsp3) is 0.269. The van der Waals surface area contributed by atoms with E-state index in [-0.39, 0.29) is 23.8 Å². The molecule has 6 N–H and O–H groups in total. The molecule has 0 aliphatic heterocycles. The van der Waals surface area contributed by atoms with E-state index in [0.29, 0.717) is 11.4 Å². The number of amides is 1. The van der Waals surface area contributed by atoms with E-state index in [0.717, 1.165) is 16.3 Å². The van der Waals surface area contributed by atoms with Crippen molar-refractivity contribution in [2.75, 3.05) is 6.54 Å². The lowest BCUT2D eigenvalue weighted by molar-refractivity contribution is -0.354. The summed E-state index contributed by atoms with van der Waals surface area (Å²) in [4.78, 5) is 26.4. The van der Waals surface area contributed by atoms with E-state index in [1.807, 2.05) is 31.2 Å². The third-order valence-corrected chi connectivity index (χ3v) is 5.54. The van der Waals surface area contributed by atoms with Crippen molar-refractivity contribution >= 4 is 44.6 Å². The van der Waals surface area contributed by atoms with Gasteiger partial charge in [0.15, 0.2) is 0 Å². The summed E-state index contributed by atoms with van der Waals surface area (Å²) in [6.45, 7) is 7.23. The molecule has 12 heteroatoms. The number of guanidine groups is 1. The van der Waals surface area contributed by atoms with Crippen molar-refractivity contribution < 1.29 is 37.0 Å². The number of aryl methyl sites for hydroxylation is 1. The van der Waals surface area contributed by atoms with Crippen LogP contribution in [0, 0.1) is 6.92 Å². The molecule has 204 valence electrons. The van der Waals surface area contributed by atoms with Crippen LogP contribution in [0.4, 0.5) is 10.5 Å². The van der Waals surface area contributed by atoms with Crippen molar-refractivity contribution in [3.05, 3.63) is 66.2 Å². The van der Waals surface area contributed by atoms with Crippen LogP contribution in [0.15, 0.2) is 65.6 Å². The third kappa shape index (κ3) is 10.1. The highest BCUT2D eigenvalue weighted by Gasteiger charge is 2.16. The van der Waals surface area contributed by atoms with Crippen molar-refractivity contribution in [2.45, 2.75) is 44.6 Å². The Labute approximate surface area is 221 Å². The van der Waals surface area contributed by atoms with Gasteiger partial charge in [-0.25, -0.2) is 18.2 Å². The maximum atomic E-state index is 12.1. The van der Waals surface area contributed by atoms with Gasteiger partial charge < -0.3 is 19.3 Å². The Morgan fingerprint density at radius 2 is 1.58 bits per heavy atom. The lowest BCUT2D eigenvalue weighted by Crippen LogP contribution is -2.72. The van der Waals surface area contributed by atoms with Gasteiger partial charge in [0.2, 0.25) is 0 Å². The highest BCUT2D eigenvalue weighted by atomic mass is 32.2. The molecule has 0 saturated heterocycles. The standard InChI is InChI=1S/C19H24N4O4.C7H8O3S/c1-19(2,3)27-18(25)22-11-10-16(24)26-15-9-8-14(23-17(20)21)12-6-4-5-7-13(12)15;1-6-2-4-7(5-3-6)11(8,9)10/h4-9H,10-11H2,1-3H3,(H,22,25)(H4,20,21,23);2-5H,1H3,(H,8,9,10). The molecule has 0 radical (unpaired) electrons. The first-order valence-electron chi connectivity index (χ1n) is 11.5. The molecule has 0 aliphatic rings. The fourth-order valence-corrected chi connectivity index (χ4v) is 3.55. The van der Waals surface area contributed by atoms with Crippen LogP contribution in [0.5, 0.6) is 5.75 Å². The molecular formula is C26H32N4O7S. The quantitative estimate of drug-likeness (QED) is 0.117. The van der Waals surface area contributed by atoms with E-state index in [9.17, 15) is 22.6 Å². The Morgan fingerprint density at radius 1 is 0.974 bits per heavy atom. The smallest absolute Gasteiger partial charge is 0.407 e. The van der Waals surface area contributed by atoms with E-state index < -0.39 is 27.8 Å². The summed E-state index contributed by atoms with van der Waals surface area (Å²) in [6, 6.07) is 16.6. The van der Waals surface area contributed by atoms with E-state index in [1.165, 1.54) is 12.1 Å². The van der Waals surface area contributed by atoms with Gasteiger partial charge in [-0.2, -0.15) is 0 Å². The zero-order valence-electron chi connectivity index (χ0n) is 21.6. The molecule has 3 aromatic rings. The van der Waals surface area contributed by atoms with Gasteiger partial charge in [-0.3, -0.25) is 16.3 Å². The molecule has 0 heterocycles. The predicted molar refractivity (Wildman–Crippen MR) is 142 cm³/mol. The summed E-state index contributed by atoms with van der Waals surface area (Å²) >= 11 is 0. The molecule has 0 atom stereocenters. The monoisotopic (exact) mass is 544 g/mol. The summed E-state index contributed by atoms with van der Waals surface area (Å²) < 4.78 is 41.7. The van der Waals surface area contributed by atoms with Gasteiger partial charge >= 0.3 is 18.0 Å². The zero-order valence-corrected chi connectivity index (χ0v) is 22.4. The van der Waals surface area contributed by atoms with E-state index in [4.69, 9.17) is 20.9 Å². The van der Waals surface area contributed by atoms with Gasteiger partial charge in [0, 0.05) is 17.3 Å². The minimum Gasteiger partial charge on any atom is -0.744 e. The number of rotatable bonds is 6. The van der Waals surface area contributed by atoms with Gasteiger partial charge in [0.1, 0.15) is 27.2 Å². The van der Waals surface area contributed by atoms with Crippen LogP contribution < -0.4 is 26.5 Å². The second kappa shape index (κ2) is 12.9. The Hall–Kier alpha value is -4.16. The normalized spacial score (nSPS) is 11.1. The molecule has 0 fully saturated rings. The lowest BCUT2D eigenvalue weighted by atomic mass is 10.1. The Bertz CT molecular complexity index is 1410. The molecule has 0 aliphatic carbocycles. The highest BCUT2D eigenvalue weighted by molar-refractivity contribution is 7.85. The van der Waals surface area contributed by atoms with Crippen molar-refractivity contribution in [1.82, 2.24) is 5.32 Å². The SMILES string of the molecule is CC(C)(C)OC(=O)NCCC(=O)Oc1ccc([NH+]=C(N)N)c2ccccc12.Cc1ccc(S(=O)(=O)[O-])cc1. The van der Waals surface area contributed by atoms with Crippen LogP contribution in [-0.2, 0) is 19.6 Å². The maximum Gasteiger partial charge on any atom is 0.407 e. The average Bonchev–Trinajstić information content (AvgIpc) is 2.79. The van der Waals surface area contributed by atoms with Gasteiger partial charge in [-0.15, -0.1) is 0 Å². The molecular weight excluding hydrogens is 512 g/mol. The zero-order chi connectivity index (χ0) is 28.5. The number of carbonyl (C=O) groups excluding carboxylic acids is 2. The second-order valence-corrected chi connectivity index (χ2v) is 10.5. The van der Waals surface area contributed by atoms with Crippen LogP contribution in [0.25, 0.3) is 10.8 Å². The first-order valence-corrected chi connectivity index (χ1v) is 12.9. The molecule has 3 aromatic carbocycles. The van der Waals surface area contributed by atoms with E-state index in [2.05, 4.69) is 10.3 Å². The van der Waals surface area contributed by atoms with Crippen LogP contribution >= 0.6 is 0 Å². The Kier molecular flexibility index (Phi) is 10.2. The molecule has 3 rings (SSSR count). The topological polar surface area (TPSA) is 188 Å². The minimum atomic E-state index is -4.27. The Morgan fingerprint density at radius 3 is 2.13 bits per heavy atom. The summed E-state index contributed by atoms with van der Waals surface area (Å²) in [5, 5.41) is 4.06. The molecule has 0 spiro atoms. The second-order valence-electron chi connectivity index (χ2n) is 9.16. The van der Waals surface area contributed by atoms with Crippen molar-refractivity contribution in [1.29, 1.82) is 0 Å². The van der Waals surface area contributed by atoms with Gasteiger partial charge in [0.25, 0.3) is 0 Å². The molecule has 0 saturated carbocycles. The number of hydrogen-bond donors (Lipinski definition) is 4. The predicted octanol–water partition coefficient (Wildman–Crippen LogP) is 1.54. The van der Waals surface area contributed by atoms with Gasteiger partial charge in [-0.1, -0.05) is 42.0 Å². The molecule has 11 nitrogen and oxygen atoms in total. The minimum absolute atomic E-state index is 0.0110. The Balaban J connectivity index is 0.000000384. The first-order chi connectivity index (χ1) is 17.7. The number of hydrogen-bond acceptors (Lipinski definition) is 7. The fourth-order valence-electron chi connectivity index (χ4n) is 3.08. The molecule has 0 unspecified atom stereocenters. The molecule has 38 heavy (non-hydrogen) atoms.